The van der Waals surface area contributed by atoms with E-state index >= 15 is 0 Å². The maximum Gasteiger partial charge on any atom is 0.288 e. The van der Waals surface area contributed by atoms with Crippen LogP contribution >= 0.6 is 46.8 Å². The monoisotopic (exact) mass is 452 g/mol. The molecule has 28 heavy (non-hydrogen) atoms. The molecule has 1 aromatic heterocycles. The number of carbonyl (C=O) groups is 1. The van der Waals surface area contributed by atoms with E-state index in [-0.39, 0.29) is 15.8 Å². The molecule has 142 valence electrons. The van der Waals surface area contributed by atoms with Crippen LogP contribution in [0.1, 0.15) is 5.56 Å². The summed E-state index contributed by atoms with van der Waals surface area (Å²) < 4.78 is 0.883. The van der Waals surface area contributed by atoms with E-state index in [0.717, 1.165) is 10.2 Å². The summed E-state index contributed by atoms with van der Waals surface area (Å²) in [7, 11) is 0. The van der Waals surface area contributed by atoms with Crippen molar-refractivity contribution in [3.05, 3.63) is 68.2 Å². The van der Waals surface area contributed by atoms with Crippen molar-refractivity contribution in [2.24, 2.45) is 0 Å². The molecule has 0 fully saturated rings. The fraction of sp³-hybridized carbons (Fsp3) is 0. The number of benzene rings is 2. The summed E-state index contributed by atoms with van der Waals surface area (Å²) in [5.74, 6) is -0.501. The van der Waals surface area contributed by atoms with Gasteiger partial charge >= 0.3 is 0 Å². The van der Waals surface area contributed by atoms with Gasteiger partial charge in [-0.25, -0.2) is 4.98 Å². The van der Waals surface area contributed by atoms with Gasteiger partial charge in [0, 0.05) is 17.2 Å². The number of hydrogen-bond acceptors (Lipinski definition) is 6. The summed E-state index contributed by atoms with van der Waals surface area (Å²) in [6.45, 7) is 0. The molecule has 0 saturated heterocycles. The lowest BCUT2D eigenvalue weighted by molar-refractivity contribution is -0.384. The highest BCUT2D eigenvalue weighted by Crippen LogP contribution is 2.28. The summed E-state index contributed by atoms with van der Waals surface area (Å²) in [5.41, 5.74) is 0.973. The number of carbonyl (C=O) groups excluding carboxylic acids is 1. The second-order valence-electron chi connectivity index (χ2n) is 5.38. The topological polar surface area (TPSA) is 97.2 Å². The van der Waals surface area contributed by atoms with Crippen molar-refractivity contribution in [3.8, 4) is 0 Å². The number of anilines is 1. The van der Waals surface area contributed by atoms with Crippen LogP contribution in [0.15, 0.2) is 42.5 Å². The third-order valence-corrected chi connectivity index (χ3v) is 5.09. The van der Waals surface area contributed by atoms with Gasteiger partial charge in [0.2, 0.25) is 5.91 Å². The van der Waals surface area contributed by atoms with Gasteiger partial charge in [0.05, 0.1) is 15.1 Å². The molecule has 2 N–H and O–H groups in total. The van der Waals surface area contributed by atoms with E-state index in [9.17, 15) is 14.9 Å². The van der Waals surface area contributed by atoms with E-state index in [1.54, 1.807) is 24.3 Å². The molecule has 0 unspecified atom stereocenters. The first-order valence-electron chi connectivity index (χ1n) is 7.62. The molecule has 3 rings (SSSR count). The highest BCUT2D eigenvalue weighted by atomic mass is 35.5. The highest BCUT2D eigenvalue weighted by molar-refractivity contribution is 7.80. The number of nitro benzene ring substituents is 1. The lowest BCUT2D eigenvalue weighted by Gasteiger charge is -2.04. The molecule has 11 heteroatoms. The SMILES string of the molecule is O=C(/C=C/c1ccc(Cl)c([N+](=O)[O-])c1)NC(=S)Nc1nc2ccc(Cl)cc2s1. The van der Waals surface area contributed by atoms with Gasteiger partial charge in [0.1, 0.15) is 5.02 Å². The average Bonchev–Trinajstić information content (AvgIpc) is 3.01. The summed E-state index contributed by atoms with van der Waals surface area (Å²) in [4.78, 5) is 26.6. The van der Waals surface area contributed by atoms with Gasteiger partial charge in [-0.2, -0.15) is 0 Å². The molecule has 0 radical (unpaired) electrons. The van der Waals surface area contributed by atoms with Crippen LogP contribution in [0, 0.1) is 10.1 Å². The van der Waals surface area contributed by atoms with E-state index in [4.69, 9.17) is 35.4 Å². The van der Waals surface area contributed by atoms with Crippen LogP contribution < -0.4 is 10.6 Å². The Morgan fingerprint density at radius 2 is 2.04 bits per heavy atom. The van der Waals surface area contributed by atoms with Crippen molar-refractivity contribution in [2.45, 2.75) is 0 Å². The Hall–Kier alpha value is -2.59. The normalized spacial score (nSPS) is 10.9. The summed E-state index contributed by atoms with van der Waals surface area (Å²) in [6.07, 6.45) is 2.63. The molecular weight excluding hydrogens is 443 g/mol. The van der Waals surface area contributed by atoms with Crippen LogP contribution in [-0.4, -0.2) is 20.9 Å². The van der Waals surface area contributed by atoms with Gasteiger partial charge in [-0.3, -0.25) is 20.2 Å². The van der Waals surface area contributed by atoms with Gasteiger partial charge in [0.15, 0.2) is 10.2 Å². The van der Waals surface area contributed by atoms with E-state index < -0.39 is 10.8 Å². The number of hydrogen-bond donors (Lipinski definition) is 2. The summed E-state index contributed by atoms with van der Waals surface area (Å²) in [6, 6.07) is 9.53. The Labute approximate surface area is 178 Å². The van der Waals surface area contributed by atoms with Crippen molar-refractivity contribution in [1.29, 1.82) is 0 Å². The second-order valence-corrected chi connectivity index (χ2v) is 7.66. The molecule has 2 aromatic carbocycles. The fourth-order valence-corrected chi connectivity index (χ4v) is 3.77. The lowest BCUT2D eigenvalue weighted by Crippen LogP contribution is -2.32. The minimum absolute atomic E-state index is 0.0223. The molecule has 3 aromatic rings. The second kappa shape index (κ2) is 8.61. The number of rotatable bonds is 4. The van der Waals surface area contributed by atoms with Crippen molar-refractivity contribution < 1.29 is 9.72 Å². The number of fused-ring (bicyclic) bond motifs is 1. The van der Waals surface area contributed by atoms with Crippen LogP contribution in [0.25, 0.3) is 16.3 Å². The zero-order chi connectivity index (χ0) is 20.3. The Morgan fingerprint density at radius 3 is 2.79 bits per heavy atom. The number of halogens is 2. The minimum atomic E-state index is -0.593. The molecule has 1 amide bonds. The molecule has 1 heterocycles. The van der Waals surface area contributed by atoms with Crippen LogP contribution in [0.3, 0.4) is 0 Å². The molecule has 0 aliphatic heterocycles. The maximum atomic E-state index is 12.0. The molecule has 0 bridgehead atoms. The van der Waals surface area contributed by atoms with Crippen molar-refractivity contribution in [2.75, 3.05) is 5.32 Å². The Balaban J connectivity index is 1.62. The highest BCUT2D eigenvalue weighted by Gasteiger charge is 2.12. The number of nitrogens with zero attached hydrogens (tertiary/aromatic N) is 2. The Bertz CT molecular complexity index is 1130. The number of thiazole rings is 1. The zero-order valence-corrected chi connectivity index (χ0v) is 17.0. The minimum Gasteiger partial charge on any atom is -0.308 e. The largest absolute Gasteiger partial charge is 0.308 e. The molecule has 0 aliphatic rings. The molecule has 0 saturated carbocycles. The van der Waals surface area contributed by atoms with E-state index in [2.05, 4.69) is 15.6 Å². The predicted octanol–water partition coefficient (Wildman–Crippen LogP) is 5.04. The third-order valence-electron chi connectivity index (χ3n) is 3.40. The summed E-state index contributed by atoms with van der Waals surface area (Å²) in [5, 5.41) is 17.4. The van der Waals surface area contributed by atoms with Crippen LogP contribution in [0.2, 0.25) is 10.0 Å². The summed E-state index contributed by atoms with van der Waals surface area (Å²) >= 11 is 18.1. The van der Waals surface area contributed by atoms with Gasteiger partial charge in [-0.1, -0.05) is 40.6 Å². The fourth-order valence-electron chi connectivity index (χ4n) is 2.18. The predicted molar refractivity (Wildman–Crippen MR) is 116 cm³/mol. The quantitative estimate of drug-likeness (QED) is 0.249. The third kappa shape index (κ3) is 5.02. The number of thiocarbonyl (C=S) groups is 1. The Kier molecular flexibility index (Phi) is 6.20. The lowest BCUT2D eigenvalue weighted by atomic mass is 10.2. The van der Waals surface area contributed by atoms with E-state index in [1.165, 1.54) is 35.6 Å². The number of aromatic nitrogens is 1. The molecule has 7 nitrogen and oxygen atoms in total. The van der Waals surface area contributed by atoms with Crippen LogP contribution in [0.4, 0.5) is 10.8 Å². The maximum absolute atomic E-state index is 12.0. The van der Waals surface area contributed by atoms with Gasteiger partial charge < -0.3 is 5.32 Å². The van der Waals surface area contributed by atoms with E-state index in [0.29, 0.717) is 15.7 Å². The zero-order valence-electron chi connectivity index (χ0n) is 13.8. The first-order valence-corrected chi connectivity index (χ1v) is 9.60. The van der Waals surface area contributed by atoms with Crippen molar-refractivity contribution in [1.82, 2.24) is 10.3 Å². The van der Waals surface area contributed by atoms with Gasteiger partial charge in [-0.15, -0.1) is 0 Å². The number of amides is 1. The molecule has 0 aliphatic carbocycles. The average molecular weight is 453 g/mol. The molecule has 0 atom stereocenters. The van der Waals surface area contributed by atoms with E-state index in [1.807, 2.05) is 0 Å². The Morgan fingerprint density at radius 1 is 1.25 bits per heavy atom. The van der Waals surface area contributed by atoms with Crippen LogP contribution in [-0.2, 0) is 4.79 Å². The van der Waals surface area contributed by atoms with Crippen molar-refractivity contribution in [3.63, 3.8) is 0 Å². The van der Waals surface area contributed by atoms with Gasteiger partial charge in [-0.05, 0) is 48.1 Å². The molecule has 0 spiro atoms. The standard InChI is InChI=1S/C17H10Cl2N4O3S2/c18-10-3-5-12-14(8-10)28-17(20-12)22-16(27)21-15(24)6-2-9-1-4-11(19)13(7-9)23(25)26/h1-8H,(H2,20,21,22,24,27)/b6-2+. The first-order chi connectivity index (χ1) is 13.3. The van der Waals surface area contributed by atoms with Gasteiger partial charge in [0.25, 0.3) is 5.69 Å². The molecular formula is C17H10Cl2N4O3S2. The number of nitro groups is 1. The van der Waals surface area contributed by atoms with Crippen LogP contribution in [0.5, 0.6) is 0 Å². The smallest absolute Gasteiger partial charge is 0.288 e. The van der Waals surface area contributed by atoms with Crippen molar-refractivity contribution >= 4 is 84.9 Å². The first kappa shape index (κ1) is 20.2. The number of nitrogens with one attached hydrogen (secondary N) is 2.